The van der Waals surface area contributed by atoms with E-state index in [-0.39, 0.29) is 39.6 Å². The highest BCUT2D eigenvalue weighted by atomic mass is 16.5. The lowest BCUT2D eigenvalue weighted by Gasteiger charge is -2.14. The quantitative estimate of drug-likeness (QED) is 0.0890. The van der Waals surface area contributed by atoms with Gasteiger partial charge in [0.25, 0.3) is 5.91 Å². The van der Waals surface area contributed by atoms with Gasteiger partial charge < -0.3 is 14.5 Å². The first-order valence-corrected chi connectivity index (χ1v) is 12.7. The summed E-state index contributed by atoms with van der Waals surface area (Å²) in [5.74, 6) is -2.51. The summed E-state index contributed by atoms with van der Waals surface area (Å²) in [5.41, 5.74) is 0.608. The van der Waals surface area contributed by atoms with E-state index in [0.717, 1.165) is 5.56 Å². The second-order valence-electron chi connectivity index (χ2n) is 9.24. The van der Waals surface area contributed by atoms with Crippen LogP contribution in [0.25, 0.3) is 11.0 Å². The zero-order valence-electron chi connectivity index (χ0n) is 21.8. The number of amides is 1. The largest absolute Gasteiger partial charge is 0.423 e. The SMILES string of the molecule is CC(NC(=O)c1cc2ccc(OC(=O)c3ccc(C(=O)C(=O)c4ccccc4)cc3)cc2oc1=O)c1ccccc1. The highest BCUT2D eigenvalue weighted by molar-refractivity contribution is 6.49. The smallest absolute Gasteiger partial charge is 0.349 e. The summed E-state index contributed by atoms with van der Waals surface area (Å²) in [5, 5.41) is 3.26. The number of Topliss-reactive ketones (excluding diaryl/α,β-unsaturated/α-hetero) is 2. The van der Waals surface area contributed by atoms with E-state index in [4.69, 9.17) is 9.15 Å². The van der Waals surface area contributed by atoms with Crippen molar-refractivity contribution in [3.63, 3.8) is 0 Å². The summed E-state index contributed by atoms with van der Waals surface area (Å²) in [6.07, 6.45) is 0. The standard InChI is InChI=1S/C33H23NO7/c1-20(21-8-4-2-5-9-21)34-31(37)27-18-25-16-17-26(19-28(25)41-33(27)39)40-32(38)24-14-12-23(13-15-24)30(36)29(35)22-10-6-3-7-11-22/h2-20H,1H3,(H,34,37). The maximum Gasteiger partial charge on any atom is 0.349 e. The number of ketones is 2. The van der Waals surface area contributed by atoms with Crippen molar-refractivity contribution in [3.8, 4) is 5.75 Å². The van der Waals surface area contributed by atoms with Gasteiger partial charge in [0.2, 0.25) is 11.6 Å². The molecule has 8 nitrogen and oxygen atoms in total. The Labute approximate surface area is 234 Å². The Morgan fingerprint density at radius 1 is 0.707 bits per heavy atom. The number of ether oxygens (including phenoxy) is 1. The molecule has 4 aromatic carbocycles. The molecular weight excluding hydrogens is 522 g/mol. The second-order valence-corrected chi connectivity index (χ2v) is 9.24. The molecule has 202 valence electrons. The molecule has 1 amide bonds. The zero-order valence-corrected chi connectivity index (χ0v) is 21.8. The molecule has 0 aliphatic heterocycles. The molecule has 41 heavy (non-hydrogen) atoms. The highest BCUT2D eigenvalue weighted by Crippen LogP contribution is 2.22. The lowest BCUT2D eigenvalue weighted by Crippen LogP contribution is -2.30. The maximum atomic E-state index is 12.8. The fourth-order valence-corrected chi connectivity index (χ4v) is 4.19. The molecule has 0 saturated heterocycles. The Hall–Kier alpha value is -5.63. The van der Waals surface area contributed by atoms with Crippen LogP contribution >= 0.6 is 0 Å². The molecule has 0 fully saturated rings. The number of fused-ring (bicyclic) bond motifs is 1. The van der Waals surface area contributed by atoms with Crippen LogP contribution in [0.2, 0.25) is 0 Å². The molecule has 8 heteroatoms. The minimum atomic E-state index is -0.830. The van der Waals surface area contributed by atoms with Crippen LogP contribution in [-0.2, 0) is 0 Å². The molecule has 1 N–H and O–H groups in total. The average Bonchev–Trinajstić information content (AvgIpc) is 3.00. The Kier molecular flexibility index (Phi) is 7.65. The molecular formula is C33H23NO7. The summed E-state index contributed by atoms with van der Waals surface area (Å²) in [6, 6.07) is 28.6. The Bertz CT molecular complexity index is 1830. The molecule has 0 spiro atoms. The van der Waals surface area contributed by atoms with Crippen LogP contribution < -0.4 is 15.7 Å². The first-order chi connectivity index (χ1) is 19.8. The minimum absolute atomic E-state index is 0.111. The molecule has 1 unspecified atom stereocenters. The number of carbonyl (C=O) groups is 4. The molecule has 0 bridgehead atoms. The summed E-state index contributed by atoms with van der Waals surface area (Å²) in [6.45, 7) is 1.81. The van der Waals surface area contributed by atoms with E-state index in [2.05, 4.69) is 5.32 Å². The fourth-order valence-electron chi connectivity index (χ4n) is 4.19. The third-order valence-corrected chi connectivity index (χ3v) is 6.43. The molecule has 0 aliphatic carbocycles. The first-order valence-electron chi connectivity index (χ1n) is 12.7. The van der Waals surface area contributed by atoms with E-state index in [1.54, 1.807) is 36.4 Å². The Morgan fingerprint density at radius 2 is 1.29 bits per heavy atom. The van der Waals surface area contributed by atoms with Gasteiger partial charge in [0.1, 0.15) is 16.9 Å². The zero-order chi connectivity index (χ0) is 28.9. The van der Waals surface area contributed by atoms with Crippen LogP contribution in [0.15, 0.2) is 118 Å². The number of carbonyl (C=O) groups excluding carboxylic acids is 4. The number of esters is 1. The van der Waals surface area contributed by atoms with Gasteiger partial charge in [-0.15, -0.1) is 0 Å². The first kappa shape index (κ1) is 27.0. The van der Waals surface area contributed by atoms with Crippen LogP contribution in [0.5, 0.6) is 5.75 Å². The maximum absolute atomic E-state index is 12.8. The van der Waals surface area contributed by atoms with Crippen LogP contribution in [0, 0.1) is 0 Å². The van der Waals surface area contributed by atoms with Gasteiger partial charge >= 0.3 is 11.6 Å². The number of hydrogen-bond donors (Lipinski definition) is 1. The number of benzene rings is 4. The Morgan fingerprint density at radius 3 is 1.95 bits per heavy atom. The monoisotopic (exact) mass is 545 g/mol. The molecule has 5 rings (SSSR count). The second kappa shape index (κ2) is 11.6. The number of hydrogen-bond acceptors (Lipinski definition) is 7. The predicted octanol–water partition coefficient (Wildman–Crippen LogP) is 5.57. The molecule has 0 radical (unpaired) electrons. The third-order valence-electron chi connectivity index (χ3n) is 6.43. The van der Waals surface area contributed by atoms with Gasteiger partial charge in [-0.3, -0.25) is 14.4 Å². The lowest BCUT2D eigenvalue weighted by atomic mass is 10.0. The fraction of sp³-hybridized carbons (Fsp3) is 0.0606. The summed E-state index contributed by atoms with van der Waals surface area (Å²) in [4.78, 5) is 63.0. The van der Waals surface area contributed by atoms with Gasteiger partial charge in [0.15, 0.2) is 0 Å². The average molecular weight is 546 g/mol. The van der Waals surface area contributed by atoms with E-state index in [9.17, 15) is 24.0 Å². The molecule has 5 aromatic rings. The van der Waals surface area contributed by atoms with Crippen LogP contribution in [-0.4, -0.2) is 23.4 Å². The van der Waals surface area contributed by atoms with Crippen LogP contribution in [0.1, 0.15) is 60.0 Å². The predicted molar refractivity (Wildman–Crippen MR) is 151 cm³/mol. The van der Waals surface area contributed by atoms with E-state index < -0.39 is 29.1 Å². The minimum Gasteiger partial charge on any atom is -0.423 e. The van der Waals surface area contributed by atoms with Gasteiger partial charge in [-0.1, -0.05) is 72.8 Å². The summed E-state index contributed by atoms with van der Waals surface area (Å²) < 4.78 is 10.8. The molecule has 0 saturated carbocycles. The Balaban J connectivity index is 1.27. The van der Waals surface area contributed by atoms with Gasteiger partial charge in [0.05, 0.1) is 11.6 Å². The van der Waals surface area contributed by atoms with E-state index >= 15 is 0 Å². The van der Waals surface area contributed by atoms with Crippen molar-refractivity contribution in [1.82, 2.24) is 5.32 Å². The summed E-state index contributed by atoms with van der Waals surface area (Å²) >= 11 is 0. The van der Waals surface area contributed by atoms with Crippen molar-refractivity contribution in [1.29, 1.82) is 0 Å². The lowest BCUT2D eigenvalue weighted by molar-refractivity contribution is 0.0734. The van der Waals surface area contributed by atoms with Crippen molar-refractivity contribution < 1.29 is 28.3 Å². The van der Waals surface area contributed by atoms with Crippen molar-refractivity contribution >= 4 is 34.4 Å². The van der Waals surface area contributed by atoms with E-state index in [0.29, 0.717) is 5.39 Å². The normalized spacial score (nSPS) is 11.4. The van der Waals surface area contributed by atoms with E-state index in [1.807, 2.05) is 37.3 Å². The van der Waals surface area contributed by atoms with Crippen molar-refractivity contribution in [2.24, 2.45) is 0 Å². The number of rotatable bonds is 8. The van der Waals surface area contributed by atoms with Gasteiger partial charge in [0, 0.05) is 22.6 Å². The third kappa shape index (κ3) is 6.02. The van der Waals surface area contributed by atoms with Gasteiger partial charge in [-0.25, -0.2) is 9.59 Å². The van der Waals surface area contributed by atoms with E-state index in [1.165, 1.54) is 42.5 Å². The van der Waals surface area contributed by atoms with Crippen LogP contribution in [0.4, 0.5) is 0 Å². The van der Waals surface area contributed by atoms with Gasteiger partial charge in [-0.2, -0.15) is 0 Å². The van der Waals surface area contributed by atoms with Crippen molar-refractivity contribution in [2.75, 3.05) is 0 Å². The topological polar surface area (TPSA) is 120 Å². The number of nitrogens with one attached hydrogen (secondary N) is 1. The molecule has 1 atom stereocenters. The van der Waals surface area contributed by atoms with Crippen LogP contribution in [0.3, 0.4) is 0 Å². The van der Waals surface area contributed by atoms with Crippen molar-refractivity contribution in [3.05, 3.63) is 147 Å². The summed E-state index contributed by atoms with van der Waals surface area (Å²) in [7, 11) is 0. The van der Waals surface area contributed by atoms with Gasteiger partial charge in [-0.05, 0) is 42.8 Å². The molecule has 0 aliphatic rings. The molecule has 1 aromatic heterocycles. The van der Waals surface area contributed by atoms with Crippen molar-refractivity contribution in [2.45, 2.75) is 13.0 Å². The molecule has 1 heterocycles. The highest BCUT2D eigenvalue weighted by Gasteiger charge is 2.20.